The number of aromatic nitrogens is 3. The molecule has 0 spiro atoms. The Hall–Kier alpha value is -2.35. The van der Waals surface area contributed by atoms with Crippen LogP contribution in [0.15, 0.2) is 40.9 Å². The third kappa shape index (κ3) is 3.22. The van der Waals surface area contributed by atoms with Crippen LogP contribution in [-0.4, -0.2) is 15.2 Å². The van der Waals surface area contributed by atoms with Crippen molar-refractivity contribution in [3.8, 4) is 10.8 Å². The Morgan fingerprint density at radius 1 is 1.19 bits per heavy atom. The van der Waals surface area contributed by atoms with E-state index in [9.17, 15) is 8.78 Å². The van der Waals surface area contributed by atoms with Gasteiger partial charge in [0.15, 0.2) is 0 Å². The molecular formula is C13H10F2N4OS. The molecule has 0 aliphatic rings. The summed E-state index contributed by atoms with van der Waals surface area (Å²) in [6.45, 7) is 0.532. The summed E-state index contributed by atoms with van der Waals surface area (Å²) in [4.78, 5) is 4.77. The first-order valence-electron chi connectivity index (χ1n) is 6.08. The van der Waals surface area contributed by atoms with Gasteiger partial charge in [-0.1, -0.05) is 18.2 Å². The molecule has 2 aromatic heterocycles. The first kappa shape index (κ1) is 13.6. The van der Waals surface area contributed by atoms with Gasteiger partial charge >= 0.3 is 6.43 Å². The van der Waals surface area contributed by atoms with Gasteiger partial charge in [0.1, 0.15) is 9.88 Å². The third-order valence-corrected chi connectivity index (χ3v) is 3.59. The monoisotopic (exact) mass is 308 g/mol. The number of nitrogens with zero attached hydrogens (tertiary/aromatic N) is 3. The molecule has 5 nitrogen and oxygen atoms in total. The molecule has 0 saturated heterocycles. The van der Waals surface area contributed by atoms with Crippen LogP contribution >= 0.6 is 11.3 Å². The summed E-state index contributed by atoms with van der Waals surface area (Å²) in [5.74, 6) is -0.615. The van der Waals surface area contributed by atoms with Gasteiger partial charge in [0.05, 0.1) is 12.7 Å². The minimum absolute atomic E-state index is 0.0637. The minimum atomic E-state index is -2.77. The second kappa shape index (κ2) is 5.96. The summed E-state index contributed by atoms with van der Waals surface area (Å²) in [5.41, 5.74) is 0.979. The van der Waals surface area contributed by atoms with Gasteiger partial charge in [-0.15, -0.1) is 21.5 Å². The highest BCUT2D eigenvalue weighted by atomic mass is 32.1. The van der Waals surface area contributed by atoms with Crippen molar-refractivity contribution in [1.29, 1.82) is 0 Å². The zero-order chi connectivity index (χ0) is 14.7. The maximum Gasteiger partial charge on any atom is 0.314 e. The van der Waals surface area contributed by atoms with Gasteiger partial charge < -0.3 is 9.73 Å². The Morgan fingerprint density at radius 2 is 2.00 bits per heavy atom. The number of halogens is 2. The number of para-hydroxylation sites is 1. The van der Waals surface area contributed by atoms with E-state index >= 15 is 0 Å². The van der Waals surface area contributed by atoms with Crippen LogP contribution in [0.25, 0.3) is 10.8 Å². The number of anilines is 1. The molecule has 21 heavy (non-hydrogen) atoms. The van der Waals surface area contributed by atoms with Crippen molar-refractivity contribution < 1.29 is 13.2 Å². The molecule has 0 bridgehead atoms. The summed E-state index contributed by atoms with van der Waals surface area (Å²) in [6, 6.07) is 9.69. The minimum Gasteiger partial charge on any atom is -0.414 e. The number of rotatable bonds is 5. The van der Waals surface area contributed by atoms with Crippen molar-refractivity contribution in [2.45, 2.75) is 13.0 Å². The predicted molar refractivity (Wildman–Crippen MR) is 74.1 cm³/mol. The SMILES string of the molecule is FC(F)c1nnc(-c2cnc(CNc3ccccc3)s2)o1. The number of benzene rings is 1. The molecule has 0 amide bonds. The molecule has 1 aromatic carbocycles. The molecule has 0 saturated carbocycles. The Labute approximate surface area is 122 Å². The Bertz CT molecular complexity index is 714. The molecule has 3 aromatic rings. The van der Waals surface area contributed by atoms with Crippen LogP contribution in [0.2, 0.25) is 0 Å². The summed E-state index contributed by atoms with van der Waals surface area (Å²) >= 11 is 1.32. The van der Waals surface area contributed by atoms with E-state index in [-0.39, 0.29) is 5.89 Å². The molecule has 0 radical (unpaired) electrons. The fourth-order valence-electron chi connectivity index (χ4n) is 1.65. The highest BCUT2D eigenvalue weighted by molar-refractivity contribution is 7.15. The lowest BCUT2D eigenvalue weighted by molar-refractivity contribution is 0.116. The molecule has 0 fully saturated rings. The first-order valence-corrected chi connectivity index (χ1v) is 6.89. The molecule has 108 valence electrons. The fraction of sp³-hybridized carbons (Fsp3) is 0.154. The number of alkyl halides is 2. The van der Waals surface area contributed by atoms with Crippen molar-refractivity contribution >= 4 is 17.0 Å². The number of hydrogen-bond donors (Lipinski definition) is 1. The number of nitrogens with one attached hydrogen (secondary N) is 1. The van der Waals surface area contributed by atoms with Gasteiger partial charge in [-0.2, -0.15) is 8.78 Å². The standard InChI is InChI=1S/C13H10F2N4OS/c14-11(15)13-19-18-12(20-13)9-6-17-10(21-9)7-16-8-4-2-1-3-5-8/h1-6,11,16H,7H2. The van der Waals surface area contributed by atoms with E-state index in [0.29, 0.717) is 11.4 Å². The third-order valence-electron chi connectivity index (χ3n) is 2.61. The Morgan fingerprint density at radius 3 is 2.71 bits per heavy atom. The molecule has 0 unspecified atom stereocenters. The zero-order valence-electron chi connectivity index (χ0n) is 10.7. The van der Waals surface area contributed by atoms with Crippen molar-refractivity contribution in [2.24, 2.45) is 0 Å². The van der Waals surface area contributed by atoms with Crippen molar-refractivity contribution in [1.82, 2.24) is 15.2 Å². The average molecular weight is 308 g/mol. The lowest BCUT2D eigenvalue weighted by atomic mass is 10.3. The maximum atomic E-state index is 12.4. The molecule has 1 N–H and O–H groups in total. The summed E-state index contributed by atoms with van der Waals surface area (Å²) in [5, 5.41) is 10.9. The van der Waals surface area contributed by atoms with Gasteiger partial charge in [0.25, 0.3) is 11.8 Å². The quantitative estimate of drug-likeness (QED) is 0.778. The molecule has 3 rings (SSSR count). The molecular weight excluding hydrogens is 298 g/mol. The van der Waals surface area contributed by atoms with Gasteiger partial charge in [-0.3, -0.25) is 0 Å². The zero-order valence-corrected chi connectivity index (χ0v) is 11.5. The lowest BCUT2D eigenvalue weighted by Gasteiger charge is -2.02. The van der Waals surface area contributed by atoms with Crippen LogP contribution in [0.5, 0.6) is 0 Å². The highest BCUT2D eigenvalue weighted by Gasteiger charge is 2.18. The van der Waals surface area contributed by atoms with Crippen LogP contribution in [0.3, 0.4) is 0 Å². The van der Waals surface area contributed by atoms with Gasteiger partial charge in [-0.25, -0.2) is 4.98 Å². The number of thiazole rings is 1. The lowest BCUT2D eigenvalue weighted by Crippen LogP contribution is -1.97. The summed E-state index contributed by atoms with van der Waals surface area (Å²) in [7, 11) is 0. The van der Waals surface area contributed by atoms with Crippen LogP contribution in [0.4, 0.5) is 14.5 Å². The van der Waals surface area contributed by atoms with Crippen LogP contribution in [0.1, 0.15) is 17.3 Å². The summed E-state index contributed by atoms with van der Waals surface area (Å²) < 4.78 is 29.7. The van der Waals surface area contributed by atoms with Crippen LogP contribution in [0, 0.1) is 0 Å². The van der Waals surface area contributed by atoms with Crippen molar-refractivity contribution in [3.63, 3.8) is 0 Å². The van der Waals surface area contributed by atoms with Gasteiger partial charge in [0, 0.05) is 5.69 Å². The van der Waals surface area contributed by atoms with Crippen molar-refractivity contribution in [2.75, 3.05) is 5.32 Å². The first-order chi connectivity index (χ1) is 10.2. The molecule has 0 atom stereocenters. The predicted octanol–water partition coefficient (Wildman–Crippen LogP) is 3.74. The van der Waals surface area contributed by atoms with Crippen LogP contribution in [-0.2, 0) is 6.54 Å². The maximum absolute atomic E-state index is 12.4. The van der Waals surface area contributed by atoms with E-state index in [1.165, 1.54) is 17.5 Å². The van der Waals surface area contributed by atoms with Gasteiger partial charge in [0.2, 0.25) is 0 Å². The van der Waals surface area contributed by atoms with E-state index in [1.54, 1.807) is 0 Å². The average Bonchev–Trinajstić information content (AvgIpc) is 3.15. The second-order valence-electron chi connectivity index (χ2n) is 4.08. The van der Waals surface area contributed by atoms with Gasteiger partial charge in [-0.05, 0) is 12.1 Å². The molecule has 0 aliphatic carbocycles. The van der Waals surface area contributed by atoms with Crippen LogP contribution < -0.4 is 5.32 Å². The normalized spacial score (nSPS) is 11.0. The molecule has 8 heteroatoms. The van der Waals surface area contributed by atoms with Crippen molar-refractivity contribution in [3.05, 3.63) is 47.4 Å². The van der Waals surface area contributed by atoms with E-state index in [4.69, 9.17) is 4.42 Å². The van der Waals surface area contributed by atoms with E-state index in [2.05, 4.69) is 20.5 Å². The molecule has 0 aliphatic heterocycles. The Kier molecular flexibility index (Phi) is 3.87. The number of hydrogen-bond acceptors (Lipinski definition) is 6. The molecule has 2 heterocycles. The largest absolute Gasteiger partial charge is 0.414 e. The van der Waals surface area contributed by atoms with E-state index in [1.807, 2.05) is 30.3 Å². The smallest absolute Gasteiger partial charge is 0.314 e. The summed E-state index contributed by atoms with van der Waals surface area (Å²) in [6.07, 6.45) is -1.23. The van der Waals surface area contributed by atoms with E-state index < -0.39 is 12.3 Å². The fourth-order valence-corrected chi connectivity index (χ4v) is 2.43. The highest BCUT2D eigenvalue weighted by Crippen LogP contribution is 2.27. The Balaban J connectivity index is 1.68. The van der Waals surface area contributed by atoms with E-state index in [0.717, 1.165) is 10.7 Å². The topological polar surface area (TPSA) is 63.8 Å². The second-order valence-corrected chi connectivity index (χ2v) is 5.20.